The van der Waals surface area contributed by atoms with Gasteiger partial charge >= 0.3 is 0 Å². The maximum absolute atomic E-state index is 13.6. The molecule has 1 aliphatic carbocycles. The van der Waals surface area contributed by atoms with Crippen molar-refractivity contribution in [1.82, 2.24) is 0 Å². The van der Waals surface area contributed by atoms with Gasteiger partial charge in [-0.15, -0.1) is 0 Å². The van der Waals surface area contributed by atoms with Gasteiger partial charge in [0.2, 0.25) is 0 Å². The van der Waals surface area contributed by atoms with Crippen molar-refractivity contribution in [2.24, 2.45) is 5.11 Å². The molecular formula is C14H16FN3O2. The Labute approximate surface area is 116 Å². The van der Waals surface area contributed by atoms with Crippen LogP contribution in [-0.2, 0) is 16.1 Å². The first-order chi connectivity index (χ1) is 9.63. The molecule has 6 heteroatoms. The van der Waals surface area contributed by atoms with Crippen molar-refractivity contribution >= 4 is 0 Å². The quantitative estimate of drug-likeness (QED) is 0.366. The maximum atomic E-state index is 13.6. The van der Waals surface area contributed by atoms with Gasteiger partial charge < -0.3 is 9.47 Å². The van der Waals surface area contributed by atoms with E-state index in [9.17, 15) is 4.39 Å². The molecule has 1 aliphatic heterocycles. The summed E-state index contributed by atoms with van der Waals surface area (Å²) in [7, 11) is 0. The predicted molar refractivity (Wildman–Crippen MR) is 70.4 cm³/mol. The Bertz CT molecular complexity index is 561. The van der Waals surface area contributed by atoms with Crippen LogP contribution in [0.15, 0.2) is 29.4 Å². The summed E-state index contributed by atoms with van der Waals surface area (Å²) in [6.07, 6.45) is 1.26. The Hall–Kier alpha value is -1.62. The number of azide groups is 1. The SMILES string of the molecule is CC12OC1CC(N=[N+]=[N-])CC2OCc1ccccc1F. The van der Waals surface area contributed by atoms with Crippen molar-refractivity contribution in [3.05, 3.63) is 46.1 Å². The molecule has 5 nitrogen and oxygen atoms in total. The number of hydrogen-bond donors (Lipinski definition) is 0. The van der Waals surface area contributed by atoms with Crippen molar-refractivity contribution < 1.29 is 13.9 Å². The predicted octanol–water partition coefficient (Wildman–Crippen LogP) is 3.34. The highest BCUT2D eigenvalue weighted by Gasteiger charge is 2.61. The van der Waals surface area contributed by atoms with Gasteiger partial charge in [-0.05, 0) is 31.4 Å². The van der Waals surface area contributed by atoms with Gasteiger partial charge in [0.15, 0.2) is 0 Å². The molecule has 0 bridgehead atoms. The number of ether oxygens (including phenoxy) is 2. The highest BCUT2D eigenvalue weighted by molar-refractivity contribution is 5.17. The van der Waals surface area contributed by atoms with Crippen LogP contribution in [-0.4, -0.2) is 23.9 Å². The molecule has 4 unspecified atom stereocenters. The lowest BCUT2D eigenvalue weighted by Gasteiger charge is -2.28. The Kier molecular flexibility index (Phi) is 3.38. The van der Waals surface area contributed by atoms with Crippen LogP contribution in [0.5, 0.6) is 0 Å². The molecule has 0 amide bonds. The van der Waals surface area contributed by atoms with E-state index in [0.29, 0.717) is 12.0 Å². The molecule has 0 aromatic heterocycles. The fraction of sp³-hybridized carbons (Fsp3) is 0.571. The number of benzene rings is 1. The van der Waals surface area contributed by atoms with E-state index in [2.05, 4.69) is 10.0 Å². The van der Waals surface area contributed by atoms with E-state index in [4.69, 9.17) is 15.0 Å². The molecule has 1 saturated carbocycles. The van der Waals surface area contributed by atoms with E-state index in [0.717, 1.165) is 6.42 Å². The van der Waals surface area contributed by atoms with Crippen LogP contribution < -0.4 is 0 Å². The van der Waals surface area contributed by atoms with E-state index in [1.54, 1.807) is 18.2 Å². The lowest BCUT2D eigenvalue weighted by atomic mass is 9.85. The monoisotopic (exact) mass is 277 g/mol. The minimum atomic E-state index is -0.313. The molecule has 1 saturated heterocycles. The number of rotatable bonds is 4. The maximum Gasteiger partial charge on any atom is 0.128 e. The zero-order valence-corrected chi connectivity index (χ0v) is 11.2. The Balaban J connectivity index is 1.67. The van der Waals surface area contributed by atoms with Gasteiger partial charge in [0.1, 0.15) is 11.4 Å². The van der Waals surface area contributed by atoms with Crippen LogP contribution in [0.25, 0.3) is 10.4 Å². The second kappa shape index (κ2) is 5.05. The number of fused-ring (bicyclic) bond motifs is 1. The lowest BCUT2D eigenvalue weighted by molar-refractivity contribution is -0.0208. The summed E-state index contributed by atoms with van der Waals surface area (Å²) in [6.45, 7) is 2.20. The van der Waals surface area contributed by atoms with E-state index in [1.807, 2.05) is 6.92 Å². The number of halogens is 1. The average molecular weight is 277 g/mol. The highest BCUT2D eigenvalue weighted by Crippen LogP contribution is 2.49. The molecule has 1 aromatic carbocycles. The molecule has 0 spiro atoms. The van der Waals surface area contributed by atoms with Crippen molar-refractivity contribution in [3.8, 4) is 0 Å². The Morgan fingerprint density at radius 1 is 1.50 bits per heavy atom. The molecule has 3 rings (SSSR count). The van der Waals surface area contributed by atoms with Crippen LogP contribution in [0.2, 0.25) is 0 Å². The smallest absolute Gasteiger partial charge is 0.128 e. The molecule has 2 fully saturated rings. The van der Waals surface area contributed by atoms with Gasteiger partial charge in [-0.1, -0.05) is 23.3 Å². The first-order valence-corrected chi connectivity index (χ1v) is 6.70. The summed E-state index contributed by atoms with van der Waals surface area (Å²) in [5.41, 5.74) is 8.75. The van der Waals surface area contributed by atoms with E-state index in [-0.39, 0.29) is 36.3 Å². The summed E-state index contributed by atoms with van der Waals surface area (Å²) in [6, 6.07) is 6.45. The minimum absolute atomic E-state index is 0.0809. The number of nitrogens with zero attached hydrogens (tertiary/aromatic N) is 3. The molecular weight excluding hydrogens is 261 g/mol. The standard InChI is InChI=1S/C14H16FN3O2/c1-14-12(6-10(17-18-16)7-13(14)20-14)19-8-9-4-2-3-5-11(9)15/h2-5,10,12-13H,6-8H2,1H3. The molecule has 1 aromatic rings. The first kappa shape index (κ1) is 13.4. The lowest BCUT2D eigenvalue weighted by Crippen LogP contribution is -2.39. The fourth-order valence-electron chi connectivity index (χ4n) is 2.87. The van der Waals surface area contributed by atoms with E-state index in [1.165, 1.54) is 6.07 Å². The van der Waals surface area contributed by atoms with Crippen LogP contribution >= 0.6 is 0 Å². The topological polar surface area (TPSA) is 70.5 Å². The molecule has 2 aliphatic rings. The third-order valence-electron chi connectivity index (χ3n) is 4.20. The summed E-state index contributed by atoms with van der Waals surface area (Å²) in [5, 5.41) is 3.76. The van der Waals surface area contributed by atoms with E-state index < -0.39 is 0 Å². The van der Waals surface area contributed by atoms with Gasteiger partial charge in [0.05, 0.1) is 18.8 Å². The van der Waals surface area contributed by atoms with Crippen LogP contribution in [0.4, 0.5) is 4.39 Å². The van der Waals surface area contributed by atoms with Crippen molar-refractivity contribution in [1.29, 1.82) is 0 Å². The van der Waals surface area contributed by atoms with Crippen molar-refractivity contribution in [2.45, 2.75) is 50.2 Å². The first-order valence-electron chi connectivity index (χ1n) is 6.70. The van der Waals surface area contributed by atoms with E-state index >= 15 is 0 Å². The fourth-order valence-corrected chi connectivity index (χ4v) is 2.87. The number of hydrogen-bond acceptors (Lipinski definition) is 3. The average Bonchev–Trinajstić information content (AvgIpc) is 3.09. The van der Waals surface area contributed by atoms with Crippen molar-refractivity contribution in [2.75, 3.05) is 0 Å². The summed E-state index contributed by atoms with van der Waals surface area (Å²) in [5.74, 6) is -0.270. The second-order valence-corrected chi connectivity index (χ2v) is 5.51. The second-order valence-electron chi connectivity index (χ2n) is 5.51. The summed E-state index contributed by atoms with van der Waals surface area (Å²) < 4.78 is 25.1. The van der Waals surface area contributed by atoms with Gasteiger partial charge in [-0.25, -0.2) is 4.39 Å². The largest absolute Gasteiger partial charge is 0.370 e. The van der Waals surface area contributed by atoms with Gasteiger partial charge in [0.25, 0.3) is 0 Å². The zero-order valence-electron chi connectivity index (χ0n) is 11.2. The van der Waals surface area contributed by atoms with Crippen molar-refractivity contribution in [3.63, 3.8) is 0 Å². The molecule has 0 N–H and O–H groups in total. The van der Waals surface area contributed by atoms with Crippen LogP contribution in [0.3, 0.4) is 0 Å². The minimum Gasteiger partial charge on any atom is -0.370 e. The normalized spacial score (nSPS) is 35.0. The van der Waals surface area contributed by atoms with Gasteiger partial charge in [-0.2, -0.15) is 0 Å². The molecule has 20 heavy (non-hydrogen) atoms. The van der Waals surface area contributed by atoms with Crippen LogP contribution in [0, 0.1) is 5.82 Å². The Morgan fingerprint density at radius 3 is 3.05 bits per heavy atom. The zero-order chi connectivity index (χ0) is 14.2. The molecule has 4 atom stereocenters. The summed E-state index contributed by atoms with van der Waals surface area (Å²) in [4.78, 5) is 2.86. The van der Waals surface area contributed by atoms with Gasteiger partial charge in [-0.3, -0.25) is 0 Å². The third-order valence-corrected chi connectivity index (χ3v) is 4.20. The third kappa shape index (κ3) is 2.38. The molecule has 1 heterocycles. The molecule has 106 valence electrons. The van der Waals surface area contributed by atoms with Crippen LogP contribution in [0.1, 0.15) is 25.3 Å². The number of epoxide rings is 1. The highest BCUT2D eigenvalue weighted by atomic mass is 19.1. The summed E-state index contributed by atoms with van der Waals surface area (Å²) >= 11 is 0. The van der Waals surface area contributed by atoms with Gasteiger partial charge in [0, 0.05) is 16.5 Å². The Morgan fingerprint density at radius 2 is 2.30 bits per heavy atom. The molecule has 0 radical (unpaired) electrons.